The van der Waals surface area contributed by atoms with Gasteiger partial charge in [0.2, 0.25) is 0 Å². The van der Waals surface area contributed by atoms with Gasteiger partial charge >= 0.3 is 0 Å². The van der Waals surface area contributed by atoms with Crippen LogP contribution in [0, 0.1) is 11.8 Å². The van der Waals surface area contributed by atoms with E-state index in [1.54, 1.807) is 0 Å². The lowest BCUT2D eigenvalue weighted by Crippen LogP contribution is -2.30. The van der Waals surface area contributed by atoms with Gasteiger partial charge < -0.3 is 5.32 Å². The Morgan fingerprint density at radius 3 is 2.31 bits per heavy atom. The third-order valence-electron chi connectivity index (χ3n) is 2.29. The maximum atomic E-state index is 3.81. The summed E-state index contributed by atoms with van der Waals surface area (Å²) in [6.07, 6.45) is 7.60. The third kappa shape index (κ3) is 5.64. The Kier molecular flexibility index (Phi) is 6.61. The summed E-state index contributed by atoms with van der Waals surface area (Å²) in [7, 11) is 2.01. The fourth-order valence-corrected chi connectivity index (χ4v) is 1.26. The number of hydrogen-bond acceptors (Lipinski definition) is 1. The van der Waals surface area contributed by atoms with Crippen molar-refractivity contribution in [3.8, 4) is 0 Å². The Bertz CT molecular complexity index is 159. The van der Waals surface area contributed by atoms with E-state index in [-0.39, 0.29) is 0 Å². The molecule has 0 aliphatic heterocycles. The van der Waals surface area contributed by atoms with Gasteiger partial charge in [-0.2, -0.15) is 0 Å². The van der Waals surface area contributed by atoms with Crippen LogP contribution in [0.1, 0.15) is 27.2 Å². The first-order valence-corrected chi connectivity index (χ1v) is 5.08. The van der Waals surface area contributed by atoms with E-state index < -0.39 is 0 Å². The van der Waals surface area contributed by atoms with Gasteiger partial charge in [-0.3, -0.25) is 0 Å². The predicted octanol–water partition coefficient (Wildman–Crippen LogP) is 3.00. The Morgan fingerprint density at radius 2 is 1.92 bits per heavy atom. The molecule has 0 spiro atoms. The highest BCUT2D eigenvalue weighted by Gasteiger charge is 2.09. The van der Waals surface area contributed by atoms with Crippen LogP contribution in [0.2, 0.25) is 0 Å². The minimum Gasteiger partial charge on any atom is -0.316 e. The second kappa shape index (κ2) is 6.90. The molecule has 0 radical (unpaired) electrons. The van der Waals surface area contributed by atoms with Gasteiger partial charge in [0, 0.05) is 6.04 Å². The van der Waals surface area contributed by atoms with E-state index >= 15 is 0 Å². The zero-order chi connectivity index (χ0) is 10.3. The monoisotopic (exact) mass is 181 g/mol. The molecule has 0 rings (SSSR count). The quantitative estimate of drug-likeness (QED) is 0.621. The van der Waals surface area contributed by atoms with Crippen molar-refractivity contribution >= 4 is 0 Å². The Labute approximate surface area is 82.9 Å². The molecule has 0 amide bonds. The lowest BCUT2D eigenvalue weighted by atomic mass is 9.98. The molecule has 0 saturated heterocycles. The van der Waals surface area contributed by atoms with Gasteiger partial charge in [0.25, 0.3) is 0 Å². The van der Waals surface area contributed by atoms with Gasteiger partial charge in [-0.1, -0.05) is 39.0 Å². The Morgan fingerprint density at radius 1 is 1.31 bits per heavy atom. The molecule has 0 bridgehead atoms. The van der Waals surface area contributed by atoms with E-state index in [1.807, 2.05) is 13.1 Å². The molecule has 13 heavy (non-hydrogen) atoms. The average Bonchev–Trinajstić information content (AvgIpc) is 2.11. The van der Waals surface area contributed by atoms with Crippen LogP contribution in [0.5, 0.6) is 0 Å². The predicted molar refractivity (Wildman–Crippen MR) is 60.8 cm³/mol. The van der Waals surface area contributed by atoms with Crippen LogP contribution in [-0.4, -0.2) is 13.1 Å². The number of hydrogen-bond donors (Lipinski definition) is 1. The molecule has 76 valence electrons. The Balaban J connectivity index is 3.91. The van der Waals surface area contributed by atoms with Crippen LogP contribution < -0.4 is 5.32 Å². The minimum absolute atomic E-state index is 0.521. The largest absolute Gasteiger partial charge is 0.316 e. The molecule has 0 fully saturated rings. The van der Waals surface area contributed by atoms with Crippen LogP contribution in [0.3, 0.4) is 0 Å². The van der Waals surface area contributed by atoms with E-state index in [4.69, 9.17) is 0 Å². The van der Waals surface area contributed by atoms with E-state index in [2.05, 4.69) is 44.8 Å². The first kappa shape index (κ1) is 12.4. The summed E-state index contributed by atoms with van der Waals surface area (Å²) in [4.78, 5) is 0. The maximum absolute atomic E-state index is 3.81. The van der Waals surface area contributed by atoms with Crippen molar-refractivity contribution in [1.29, 1.82) is 0 Å². The lowest BCUT2D eigenvalue weighted by molar-refractivity contribution is 0.466. The summed E-state index contributed by atoms with van der Waals surface area (Å²) in [6, 6.07) is 0.521. The maximum Gasteiger partial charge on any atom is 0.0159 e. The van der Waals surface area contributed by atoms with Crippen LogP contribution >= 0.6 is 0 Å². The van der Waals surface area contributed by atoms with Crippen molar-refractivity contribution in [1.82, 2.24) is 5.32 Å². The van der Waals surface area contributed by atoms with Crippen LogP contribution in [0.25, 0.3) is 0 Å². The van der Waals surface area contributed by atoms with E-state index in [0.717, 1.165) is 6.42 Å². The van der Waals surface area contributed by atoms with E-state index in [1.165, 1.54) is 0 Å². The molecule has 0 aliphatic rings. The zero-order valence-corrected chi connectivity index (χ0v) is 9.38. The molecule has 0 aromatic heterocycles. The van der Waals surface area contributed by atoms with Crippen molar-refractivity contribution in [3.63, 3.8) is 0 Å². The third-order valence-corrected chi connectivity index (χ3v) is 2.29. The van der Waals surface area contributed by atoms with Gasteiger partial charge in [-0.05, 0) is 25.3 Å². The Hall–Kier alpha value is -0.560. The molecule has 1 unspecified atom stereocenters. The van der Waals surface area contributed by atoms with Crippen molar-refractivity contribution in [2.24, 2.45) is 11.8 Å². The minimum atomic E-state index is 0.521. The van der Waals surface area contributed by atoms with E-state index in [9.17, 15) is 0 Å². The normalized spacial score (nSPS) is 16.4. The van der Waals surface area contributed by atoms with Crippen molar-refractivity contribution < 1.29 is 0 Å². The molecule has 1 N–H and O–H groups in total. The number of allylic oxidation sites excluding steroid dienone is 1. The molecule has 0 aromatic carbocycles. The van der Waals surface area contributed by atoms with Gasteiger partial charge in [0.15, 0.2) is 0 Å². The van der Waals surface area contributed by atoms with Crippen molar-refractivity contribution in [2.45, 2.75) is 33.2 Å². The van der Waals surface area contributed by atoms with E-state index in [0.29, 0.717) is 17.9 Å². The lowest BCUT2D eigenvalue weighted by Gasteiger charge is -2.18. The van der Waals surface area contributed by atoms with Gasteiger partial charge in [0.1, 0.15) is 0 Å². The second-order valence-corrected chi connectivity index (χ2v) is 3.90. The molecule has 0 saturated carbocycles. The first-order chi connectivity index (χ1) is 6.11. The van der Waals surface area contributed by atoms with Crippen LogP contribution in [-0.2, 0) is 0 Å². The second-order valence-electron chi connectivity index (χ2n) is 3.90. The fourth-order valence-electron chi connectivity index (χ4n) is 1.26. The molecule has 0 aromatic rings. The highest BCUT2D eigenvalue weighted by Crippen LogP contribution is 2.09. The summed E-state index contributed by atoms with van der Waals surface area (Å²) in [5.41, 5.74) is 0. The number of nitrogens with one attached hydrogen (secondary N) is 1. The summed E-state index contributed by atoms with van der Waals surface area (Å²) >= 11 is 0. The number of rotatable bonds is 6. The van der Waals surface area contributed by atoms with Gasteiger partial charge in [-0.15, -0.1) is 6.58 Å². The molecule has 2 atom stereocenters. The molecule has 0 aliphatic carbocycles. The topological polar surface area (TPSA) is 12.0 Å². The fraction of sp³-hybridized carbons (Fsp3) is 0.667. The van der Waals surface area contributed by atoms with Gasteiger partial charge in [0.05, 0.1) is 0 Å². The average molecular weight is 181 g/mol. The smallest absolute Gasteiger partial charge is 0.0159 e. The summed E-state index contributed by atoms with van der Waals surface area (Å²) in [5.74, 6) is 1.18. The van der Waals surface area contributed by atoms with Crippen molar-refractivity contribution in [2.75, 3.05) is 7.05 Å². The highest BCUT2D eigenvalue weighted by molar-refractivity contribution is 4.93. The van der Waals surface area contributed by atoms with Crippen LogP contribution in [0.4, 0.5) is 0 Å². The van der Waals surface area contributed by atoms with Crippen molar-refractivity contribution in [3.05, 3.63) is 24.8 Å². The summed E-state index contributed by atoms with van der Waals surface area (Å²) in [6.45, 7) is 10.4. The molecule has 1 heteroatoms. The molecular formula is C12H23N. The van der Waals surface area contributed by atoms with Crippen LogP contribution in [0.15, 0.2) is 24.8 Å². The van der Waals surface area contributed by atoms with Gasteiger partial charge in [-0.25, -0.2) is 0 Å². The SMILES string of the molecule is C=C[C@H](C)C(C/C=C\C(C)C)NC. The molecule has 0 heterocycles. The standard InChI is InChI=1S/C12H23N/c1-6-11(4)12(13-5)9-7-8-10(2)3/h6-8,10-13H,1,9H2,2-5H3/b8-7-/t11-,12?/m0/s1. The zero-order valence-electron chi connectivity index (χ0n) is 9.38. The first-order valence-electron chi connectivity index (χ1n) is 5.08. The summed E-state index contributed by atoms with van der Waals surface area (Å²) in [5, 5.41) is 3.30. The summed E-state index contributed by atoms with van der Waals surface area (Å²) < 4.78 is 0. The highest BCUT2D eigenvalue weighted by atomic mass is 14.9. The molecule has 1 nitrogen and oxygen atoms in total. The molecular weight excluding hydrogens is 158 g/mol.